The molecule has 0 aromatic carbocycles. The Hall–Kier alpha value is -2.93. The highest BCUT2D eigenvalue weighted by Gasteiger charge is 2.30. The van der Waals surface area contributed by atoms with Gasteiger partial charge < -0.3 is 14.6 Å². The molecule has 0 aliphatic heterocycles. The number of aromatic nitrogens is 5. The summed E-state index contributed by atoms with van der Waals surface area (Å²) >= 11 is 0. The van der Waals surface area contributed by atoms with E-state index in [2.05, 4.69) is 57.7 Å². The van der Waals surface area contributed by atoms with Crippen molar-refractivity contribution >= 4 is 17.1 Å². The fourth-order valence-electron chi connectivity index (χ4n) is 3.60. The van der Waals surface area contributed by atoms with Gasteiger partial charge in [-0.15, -0.1) is 5.10 Å². The van der Waals surface area contributed by atoms with E-state index in [1.165, 1.54) is 0 Å². The Morgan fingerprint density at radius 1 is 1.12 bits per heavy atom. The standard InChI is InChI=1S/C19H21N7/c1-24(2)15-9-14(10-15)22-19-21-11-17-16(5-7-26(17)23-19)13-3-4-18-20-6-8-25(18)12-13/h3-8,11-12,14-15H,9-10H2,1-2H3,(H,22,23)/t14-,15-. The second kappa shape index (κ2) is 5.81. The Kier molecular flexibility index (Phi) is 3.43. The third-order valence-corrected chi connectivity index (χ3v) is 5.29. The zero-order valence-electron chi connectivity index (χ0n) is 14.9. The van der Waals surface area contributed by atoms with Gasteiger partial charge in [0.2, 0.25) is 5.95 Å². The maximum absolute atomic E-state index is 4.63. The highest BCUT2D eigenvalue weighted by Crippen LogP contribution is 2.28. The smallest absolute Gasteiger partial charge is 0.241 e. The number of hydrogen-bond donors (Lipinski definition) is 1. The van der Waals surface area contributed by atoms with Gasteiger partial charge in [-0.2, -0.15) is 0 Å². The molecule has 0 spiro atoms. The van der Waals surface area contributed by atoms with Crippen molar-refractivity contribution in [2.45, 2.75) is 24.9 Å². The van der Waals surface area contributed by atoms with Crippen molar-refractivity contribution in [3.8, 4) is 11.1 Å². The van der Waals surface area contributed by atoms with Gasteiger partial charge in [-0.3, -0.25) is 0 Å². The van der Waals surface area contributed by atoms with E-state index in [0.717, 1.165) is 35.1 Å². The number of pyridine rings is 1. The second-order valence-electron chi connectivity index (χ2n) is 7.18. The minimum atomic E-state index is 0.457. The Balaban J connectivity index is 1.41. The molecule has 0 radical (unpaired) electrons. The van der Waals surface area contributed by atoms with E-state index in [-0.39, 0.29) is 0 Å². The van der Waals surface area contributed by atoms with Gasteiger partial charge in [0, 0.05) is 48.0 Å². The summed E-state index contributed by atoms with van der Waals surface area (Å²) in [6.07, 6.45) is 12.0. The summed E-state index contributed by atoms with van der Waals surface area (Å²) in [6.45, 7) is 0. The molecule has 1 N–H and O–H groups in total. The molecule has 0 amide bonds. The van der Waals surface area contributed by atoms with Crippen LogP contribution in [0.1, 0.15) is 12.8 Å². The normalized spacial score (nSPS) is 20.0. The van der Waals surface area contributed by atoms with E-state index < -0.39 is 0 Å². The van der Waals surface area contributed by atoms with Crippen molar-refractivity contribution in [2.24, 2.45) is 0 Å². The zero-order valence-corrected chi connectivity index (χ0v) is 14.9. The highest BCUT2D eigenvalue weighted by molar-refractivity contribution is 5.80. The molecule has 0 saturated heterocycles. The first-order valence-electron chi connectivity index (χ1n) is 8.88. The number of fused-ring (bicyclic) bond motifs is 2. The largest absolute Gasteiger partial charge is 0.350 e. The van der Waals surface area contributed by atoms with Crippen LogP contribution >= 0.6 is 0 Å². The molecule has 1 fully saturated rings. The van der Waals surface area contributed by atoms with Gasteiger partial charge in [0.15, 0.2) is 0 Å². The molecule has 4 aromatic rings. The minimum absolute atomic E-state index is 0.457. The second-order valence-corrected chi connectivity index (χ2v) is 7.18. The first-order valence-corrected chi connectivity index (χ1v) is 8.88. The number of nitrogens with zero attached hydrogens (tertiary/aromatic N) is 6. The molecular weight excluding hydrogens is 326 g/mol. The summed E-state index contributed by atoms with van der Waals surface area (Å²) in [4.78, 5) is 11.1. The van der Waals surface area contributed by atoms with Crippen molar-refractivity contribution in [3.05, 3.63) is 49.2 Å². The van der Waals surface area contributed by atoms with E-state index >= 15 is 0 Å². The lowest BCUT2D eigenvalue weighted by Crippen LogP contribution is -2.47. The highest BCUT2D eigenvalue weighted by atomic mass is 15.3. The summed E-state index contributed by atoms with van der Waals surface area (Å²) in [7, 11) is 4.26. The SMILES string of the molecule is CN(C)[C@H]1C[C@H](Nc2ncc3c(-c4ccc5nccn5c4)ccn3n2)C1. The molecule has 0 bridgehead atoms. The van der Waals surface area contributed by atoms with Crippen LogP contribution in [0.3, 0.4) is 0 Å². The molecule has 4 heterocycles. The van der Waals surface area contributed by atoms with Gasteiger partial charge in [-0.05, 0) is 45.1 Å². The number of hydrogen-bond acceptors (Lipinski definition) is 5. The summed E-state index contributed by atoms with van der Waals surface area (Å²) in [5.74, 6) is 0.687. The Morgan fingerprint density at radius 2 is 2.00 bits per heavy atom. The molecule has 132 valence electrons. The van der Waals surface area contributed by atoms with Crippen LogP contribution in [0.25, 0.3) is 22.3 Å². The van der Waals surface area contributed by atoms with Crippen molar-refractivity contribution in [1.29, 1.82) is 0 Å². The maximum Gasteiger partial charge on any atom is 0.241 e. The molecule has 1 saturated carbocycles. The zero-order chi connectivity index (χ0) is 17.7. The summed E-state index contributed by atoms with van der Waals surface area (Å²) in [6, 6.07) is 7.30. The van der Waals surface area contributed by atoms with E-state index in [1.54, 1.807) is 6.20 Å². The van der Waals surface area contributed by atoms with Gasteiger partial charge in [-0.1, -0.05) is 0 Å². The molecule has 0 atom stereocenters. The number of imidazole rings is 1. The number of rotatable bonds is 4. The van der Waals surface area contributed by atoms with Crippen molar-refractivity contribution in [3.63, 3.8) is 0 Å². The molecule has 1 aliphatic carbocycles. The van der Waals surface area contributed by atoms with Crippen LogP contribution in [0.2, 0.25) is 0 Å². The number of anilines is 1. The van der Waals surface area contributed by atoms with Crippen molar-refractivity contribution < 1.29 is 0 Å². The lowest BCUT2D eigenvalue weighted by atomic mass is 9.86. The number of nitrogens with one attached hydrogen (secondary N) is 1. The van der Waals surface area contributed by atoms with E-state index in [1.807, 2.05) is 33.6 Å². The first kappa shape index (κ1) is 15.3. The van der Waals surface area contributed by atoms with Crippen LogP contribution in [0, 0.1) is 0 Å². The summed E-state index contributed by atoms with van der Waals surface area (Å²) < 4.78 is 3.91. The fourth-order valence-corrected chi connectivity index (χ4v) is 3.60. The van der Waals surface area contributed by atoms with E-state index in [4.69, 9.17) is 0 Å². The van der Waals surface area contributed by atoms with Gasteiger partial charge in [0.1, 0.15) is 5.65 Å². The Labute approximate surface area is 151 Å². The Morgan fingerprint density at radius 3 is 2.85 bits per heavy atom. The molecule has 7 heteroatoms. The van der Waals surface area contributed by atoms with E-state index in [9.17, 15) is 0 Å². The van der Waals surface area contributed by atoms with Crippen LogP contribution in [0.5, 0.6) is 0 Å². The minimum Gasteiger partial charge on any atom is -0.350 e. The average molecular weight is 347 g/mol. The Bertz CT molecular complexity index is 1070. The van der Waals surface area contributed by atoms with Gasteiger partial charge in [0.25, 0.3) is 0 Å². The van der Waals surface area contributed by atoms with Gasteiger partial charge in [0.05, 0.1) is 11.7 Å². The monoisotopic (exact) mass is 347 g/mol. The average Bonchev–Trinajstić information content (AvgIpc) is 3.22. The molecular formula is C19H21N7. The topological polar surface area (TPSA) is 62.8 Å². The molecule has 7 nitrogen and oxygen atoms in total. The molecule has 26 heavy (non-hydrogen) atoms. The van der Waals surface area contributed by atoms with Crippen molar-refractivity contribution in [1.82, 2.24) is 28.9 Å². The third kappa shape index (κ3) is 2.52. The molecule has 4 aromatic heterocycles. The van der Waals surface area contributed by atoms with Gasteiger partial charge >= 0.3 is 0 Å². The predicted octanol–water partition coefficient (Wildman–Crippen LogP) is 2.55. The summed E-state index contributed by atoms with van der Waals surface area (Å²) in [5.41, 5.74) is 4.17. The van der Waals surface area contributed by atoms with Crippen LogP contribution in [0.15, 0.2) is 49.2 Å². The maximum atomic E-state index is 4.63. The molecule has 1 aliphatic rings. The fraction of sp³-hybridized carbons (Fsp3) is 0.316. The quantitative estimate of drug-likeness (QED) is 0.615. The van der Waals surface area contributed by atoms with Crippen LogP contribution < -0.4 is 5.32 Å². The molecule has 5 rings (SSSR count). The van der Waals surface area contributed by atoms with Crippen LogP contribution in [-0.2, 0) is 0 Å². The van der Waals surface area contributed by atoms with Crippen molar-refractivity contribution in [2.75, 3.05) is 19.4 Å². The van der Waals surface area contributed by atoms with Crippen LogP contribution in [0.4, 0.5) is 5.95 Å². The predicted molar refractivity (Wildman–Crippen MR) is 101 cm³/mol. The summed E-state index contributed by atoms with van der Waals surface area (Å²) in [5, 5.41) is 8.07. The lowest BCUT2D eigenvalue weighted by Gasteiger charge is -2.39. The first-order chi connectivity index (χ1) is 12.7. The van der Waals surface area contributed by atoms with Crippen LogP contribution in [-0.4, -0.2) is 55.1 Å². The van der Waals surface area contributed by atoms with E-state index in [0.29, 0.717) is 18.0 Å². The third-order valence-electron chi connectivity index (χ3n) is 5.29. The molecule has 0 unspecified atom stereocenters. The lowest BCUT2D eigenvalue weighted by molar-refractivity contribution is 0.177. The van der Waals surface area contributed by atoms with Gasteiger partial charge in [-0.25, -0.2) is 14.5 Å².